The minimum absolute atomic E-state index is 0.0331. The molecule has 6 heteroatoms. The quantitative estimate of drug-likeness (QED) is 0.537. The van der Waals surface area contributed by atoms with Gasteiger partial charge in [-0.1, -0.05) is 18.2 Å². The van der Waals surface area contributed by atoms with E-state index >= 15 is 0 Å². The fourth-order valence-electron chi connectivity index (χ4n) is 3.80. The van der Waals surface area contributed by atoms with Crippen LogP contribution in [0.3, 0.4) is 0 Å². The molecule has 1 fully saturated rings. The van der Waals surface area contributed by atoms with Gasteiger partial charge in [-0.3, -0.25) is 9.78 Å². The van der Waals surface area contributed by atoms with Crippen molar-refractivity contribution in [3.8, 4) is 11.5 Å². The summed E-state index contributed by atoms with van der Waals surface area (Å²) in [7, 11) is 0. The normalized spacial score (nSPS) is 14.3. The SMILES string of the molecule is O=C(c1cc(-c2ccco2)nc2ccccc12)N1CCN(c2ccncc2)CC1. The Labute approximate surface area is 168 Å². The smallest absolute Gasteiger partial charge is 0.254 e. The van der Waals surface area contributed by atoms with Gasteiger partial charge in [-0.2, -0.15) is 0 Å². The number of nitrogens with zero attached hydrogens (tertiary/aromatic N) is 4. The molecule has 0 bridgehead atoms. The van der Waals surface area contributed by atoms with Crippen LogP contribution in [0.15, 0.2) is 77.7 Å². The number of carbonyl (C=O) groups is 1. The number of fused-ring (bicyclic) bond motifs is 1. The zero-order valence-electron chi connectivity index (χ0n) is 15.9. The Balaban J connectivity index is 1.44. The first kappa shape index (κ1) is 17.4. The van der Waals surface area contributed by atoms with E-state index in [0.29, 0.717) is 30.1 Å². The lowest BCUT2D eigenvalue weighted by Gasteiger charge is -2.36. The number of anilines is 1. The van der Waals surface area contributed by atoms with Crippen LogP contribution in [-0.2, 0) is 0 Å². The molecule has 0 unspecified atom stereocenters. The molecule has 0 radical (unpaired) electrons. The molecule has 3 aromatic heterocycles. The molecule has 4 heterocycles. The van der Waals surface area contributed by atoms with Gasteiger partial charge in [-0.05, 0) is 36.4 Å². The number of rotatable bonds is 3. The van der Waals surface area contributed by atoms with Gasteiger partial charge >= 0.3 is 0 Å². The Morgan fingerprint density at radius 1 is 0.931 bits per heavy atom. The van der Waals surface area contributed by atoms with Crippen LogP contribution in [0, 0.1) is 0 Å². The monoisotopic (exact) mass is 384 g/mol. The van der Waals surface area contributed by atoms with Gasteiger partial charge in [-0.25, -0.2) is 4.98 Å². The molecule has 1 aliphatic heterocycles. The third-order valence-corrected chi connectivity index (χ3v) is 5.31. The Bertz CT molecular complexity index is 1130. The number of benzene rings is 1. The maximum atomic E-state index is 13.4. The van der Waals surface area contributed by atoms with Crippen LogP contribution in [0.25, 0.3) is 22.4 Å². The highest BCUT2D eigenvalue weighted by Crippen LogP contribution is 2.26. The van der Waals surface area contributed by atoms with E-state index in [1.54, 1.807) is 18.7 Å². The van der Waals surface area contributed by atoms with Gasteiger partial charge in [0.05, 0.1) is 17.3 Å². The van der Waals surface area contributed by atoms with E-state index in [1.807, 2.05) is 59.5 Å². The third kappa shape index (κ3) is 3.33. The van der Waals surface area contributed by atoms with Crippen molar-refractivity contribution in [2.75, 3.05) is 31.1 Å². The Hall–Kier alpha value is -3.67. The number of piperazine rings is 1. The summed E-state index contributed by atoms with van der Waals surface area (Å²) < 4.78 is 5.51. The van der Waals surface area contributed by atoms with E-state index in [1.165, 1.54) is 0 Å². The maximum absolute atomic E-state index is 13.4. The van der Waals surface area contributed by atoms with Crippen molar-refractivity contribution in [2.45, 2.75) is 0 Å². The third-order valence-electron chi connectivity index (χ3n) is 5.31. The van der Waals surface area contributed by atoms with Crippen LogP contribution in [0.2, 0.25) is 0 Å². The number of amides is 1. The fraction of sp³-hybridized carbons (Fsp3) is 0.174. The summed E-state index contributed by atoms with van der Waals surface area (Å²) in [6.45, 7) is 2.94. The zero-order chi connectivity index (χ0) is 19.6. The van der Waals surface area contributed by atoms with Crippen LogP contribution in [0.4, 0.5) is 5.69 Å². The number of hydrogen-bond donors (Lipinski definition) is 0. The molecule has 0 atom stereocenters. The molecule has 0 aliphatic carbocycles. The summed E-state index contributed by atoms with van der Waals surface area (Å²) in [6, 6.07) is 17.3. The van der Waals surface area contributed by atoms with E-state index in [9.17, 15) is 4.79 Å². The molecule has 144 valence electrons. The lowest BCUT2D eigenvalue weighted by atomic mass is 10.0. The molecule has 1 aromatic carbocycles. The lowest BCUT2D eigenvalue weighted by Crippen LogP contribution is -2.48. The maximum Gasteiger partial charge on any atom is 0.254 e. The lowest BCUT2D eigenvalue weighted by molar-refractivity contribution is 0.0748. The Morgan fingerprint density at radius 2 is 1.72 bits per heavy atom. The van der Waals surface area contributed by atoms with Gasteiger partial charge in [-0.15, -0.1) is 0 Å². The largest absolute Gasteiger partial charge is 0.463 e. The van der Waals surface area contributed by atoms with Crippen molar-refractivity contribution in [1.29, 1.82) is 0 Å². The van der Waals surface area contributed by atoms with Gasteiger partial charge < -0.3 is 14.2 Å². The molecule has 1 saturated heterocycles. The van der Waals surface area contributed by atoms with Crippen LogP contribution < -0.4 is 4.90 Å². The van der Waals surface area contributed by atoms with E-state index in [0.717, 1.165) is 29.7 Å². The average molecular weight is 384 g/mol. The second kappa shape index (κ2) is 7.39. The standard InChI is InChI=1S/C23H20N4O2/c28-23(27-13-11-26(12-14-27)17-7-9-24-10-8-17)19-16-21(22-6-3-15-29-22)25-20-5-2-1-4-18(19)20/h1-10,15-16H,11-14H2. The van der Waals surface area contributed by atoms with Crippen molar-refractivity contribution >= 4 is 22.5 Å². The summed E-state index contributed by atoms with van der Waals surface area (Å²) >= 11 is 0. The molecule has 4 aromatic rings. The molecule has 0 spiro atoms. The van der Waals surface area contributed by atoms with Gasteiger partial charge in [0, 0.05) is 49.6 Å². The Kier molecular flexibility index (Phi) is 4.44. The number of furan rings is 1. The fourth-order valence-corrected chi connectivity index (χ4v) is 3.80. The first-order chi connectivity index (χ1) is 14.3. The van der Waals surface area contributed by atoms with Crippen molar-refractivity contribution < 1.29 is 9.21 Å². The van der Waals surface area contributed by atoms with Crippen molar-refractivity contribution in [2.24, 2.45) is 0 Å². The van der Waals surface area contributed by atoms with Gasteiger partial charge in [0.25, 0.3) is 5.91 Å². The number of hydrogen-bond acceptors (Lipinski definition) is 5. The predicted molar refractivity (Wildman–Crippen MR) is 112 cm³/mol. The second-order valence-electron chi connectivity index (χ2n) is 7.03. The van der Waals surface area contributed by atoms with E-state index in [2.05, 4.69) is 14.9 Å². The van der Waals surface area contributed by atoms with E-state index < -0.39 is 0 Å². The summed E-state index contributed by atoms with van der Waals surface area (Å²) in [5.74, 6) is 0.693. The zero-order valence-corrected chi connectivity index (χ0v) is 15.9. The molecule has 0 saturated carbocycles. The van der Waals surface area contributed by atoms with Crippen LogP contribution in [-0.4, -0.2) is 47.0 Å². The molecule has 29 heavy (non-hydrogen) atoms. The van der Waals surface area contributed by atoms with Gasteiger partial charge in [0.15, 0.2) is 5.76 Å². The van der Waals surface area contributed by atoms with Crippen LogP contribution in [0.5, 0.6) is 0 Å². The number of para-hydroxylation sites is 1. The number of aromatic nitrogens is 2. The summed E-state index contributed by atoms with van der Waals surface area (Å²) in [6.07, 6.45) is 5.21. The summed E-state index contributed by atoms with van der Waals surface area (Å²) in [4.78, 5) is 26.4. The van der Waals surface area contributed by atoms with Crippen molar-refractivity contribution in [1.82, 2.24) is 14.9 Å². The first-order valence-corrected chi connectivity index (χ1v) is 9.67. The minimum Gasteiger partial charge on any atom is -0.463 e. The molecule has 5 rings (SSSR count). The molecular formula is C23H20N4O2. The molecule has 1 amide bonds. The van der Waals surface area contributed by atoms with Crippen molar-refractivity contribution in [3.63, 3.8) is 0 Å². The number of pyridine rings is 2. The topological polar surface area (TPSA) is 62.5 Å². The van der Waals surface area contributed by atoms with Gasteiger partial charge in [0.2, 0.25) is 0 Å². The van der Waals surface area contributed by atoms with Crippen molar-refractivity contribution in [3.05, 3.63) is 78.8 Å². The van der Waals surface area contributed by atoms with Gasteiger partial charge in [0.1, 0.15) is 5.69 Å². The molecule has 6 nitrogen and oxygen atoms in total. The summed E-state index contributed by atoms with van der Waals surface area (Å²) in [5, 5.41) is 0.865. The molecule has 1 aliphatic rings. The first-order valence-electron chi connectivity index (χ1n) is 9.67. The second-order valence-corrected chi connectivity index (χ2v) is 7.03. The highest BCUT2D eigenvalue weighted by molar-refractivity contribution is 6.07. The highest BCUT2D eigenvalue weighted by atomic mass is 16.3. The Morgan fingerprint density at radius 3 is 2.48 bits per heavy atom. The number of carbonyl (C=O) groups excluding carboxylic acids is 1. The van der Waals surface area contributed by atoms with E-state index in [4.69, 9.17) is 4.42 Å². The summed E-state index contributed by atoms with van der Waals surface area (Å²) in [5.41, 5.74) is 3.27. The highest BCUT2D eigenvalue weighted by Gasteiger charge is 2.24. The average Bonchev–Trinajstić information content (AvgIpc) is 3.34. The van der Waals surface area contributed by atoms with Crippen LogP contribution in [0.1, 0.15) is 10.4 Å². The minimum atomic E-state index is 0.0331. The van der Waals surface area contributed by atoms with E-state index in [-0.39, 0.29) is 5.91 Å². The molecular weight excluding hydrogens is 364 g/mol. The molecule has 0 N–H and O–H groups in total. The van der Waals surface area contributed by atoms with Crippen LogP contribution >= 0.6 is 0 Å². The predicted octanol–water partition coefficient (Wildman–Crippen LogP) is 3.85.